The molecule has 0 aromatic heterocycles. The smallest absolute Gasteiger partial charge is 0.137 e. The van der Waals surface area contributed by atoms with E-state index >= 15 is 0 Å². The molecule has 0 atom stereocenters. The minimum atomic E-state index is 0.660. The van der Waals surface area contributed by atoms with Crippen LogP contribution < -0.4 is 9.64 Å². The highest BCUT2D eigenvalue weighted by Crippen LogP contribution is 2.27. The van der Waals surface area contributed by atoms with E-state index in [2.05, 4.69) is 30.0 Å². The monoisotopic (exact) mass is 306 g/mol. The third-order valence-electron chi connectivity index (χ3n) is 2.22. The van der Waals surface area contributed by atoms with Gasteiger partial charge < -0.3 is 9.64 Å². The van der Waals surface area contributed by atoms with Gasteiger partial charge in [0.05, 0.1) is 32.3 Å². The van der Waals surface area contributed by atoms with Crippen LogP contribution in [0.25, 0.3) is 0 Å². The number of nitrogens with one attached hydrogen (secondary N) is 1. The summed E-state index contributed by atoms with van der Waals surface area (Å²) in [4.78, 5) is 1.47. The SMILES string of the molecule is C[NH+](C)CCCCOc1ccc(Br)cc1Cl. The van der Waals surface area contributed by atoms with Gasteiger partial charge >= 0.3 is 0 Å². The predicted molar refractivity (Wildman–Crippen MR) is 71.6 cm³/mol. The second-order valence-corrected chi connectivity index (χ2v) is 5.41. The molecule has 0 aliphatic rings. The molecule has 1 N–H and O–H groups in total. The maximum atomic E-state index is 6.03. The molecule has 0 saturated carbocycles. The lowest BCUT2D eigenvalue weighted by molar-refractivity contribution is -0.858. The average Bonchev–Trinajstić information content (AvgIpc) is 2.20. The van der Waals surface area contributed by atoms with E-state index in [1.807, 2.05) is 18.2 Å². The Kier molecular flexibility index (Phi) is 6.17. The molecular weight excluding hydrogens is 289 g/mol. The van der Waals surface area contributed by atoms with Gasteiger partial charge in [0.1, 0.15) is 5.75 Å². The van der Waals surface area contributed by atoms with Gasteiger partial charge in [-0.2, -0.15) is 0 Å². The Morgan fingerprint density at radius 2 is 2.06 bits per heavy atom. The standard InChI is InChI=1S/C12H17BrClNO/c1-15(2)7-3-4-8-16-12-6-5-10(13)9-11(12)14/h5-6,9H,3-4,7-8H2,1-2H3/p+1. The summed E-state index contributed by atoms with van der Waals surface area (Å²) in [7, 11) is 4.32. The third-order valence-corrected chi connectivity index (χ3v) is 3.01. The summed E-state index contributed by atoms with van der Waals surface area (Å²) in [6.07, 6.45) is 2.24. The van der Waals surface area contributed by atoms with E-state index in [-0.39, 0.29) is 0 Å². The first-order valence-corrected chi connectivity index (χ1v) is 6.63. The Morgan fingerprint density at radius 3 is 2.69 bits per heavy atom. The fraction of sp³-hybridized carbons (Fsp3) is 0.500. The zero-order chi connectivity index (χ0) is 12.0. The molecule has 0 aliphatic carbocycles. The van der Waals surface area contributed by atoms with Gasteiger partial charge in [0.25, 0.3) is 0 Å². The van der Waals surface area contributed by atoms with Crippen LogP contribution in [0.15, 0.2) is 22.7 Å². The summed E-state index contributed by atoms with van der Waals surface area (Å²) < 4.78 is 6.58. The molecule has 1 aromatic carbocycles. The molecule has 0 radical (unpaired) electrons. The van der Waals surface area contributed by atoms with Crippen molar-refractivity contribution in [3.63, 3.8) is 0 Å². The predicted octanol–water partition coefficient (Wildman–Crippen LogP) is 2.41. The number of hydrogen-bond donors (Lipinski definition) is 1. The van der Waals surface area contributed by atoms with Crippen molar-refractivity contribution < 1.29 is 9.64 Å². The highest BCUT2D eigenvalue weighted by Gasteiger charge is 2.02. The van der Waals surface area contributed by atoms with Crippen molar-refractivity contribution >= 4 is 27.5 Å². The first-order valence-electron chi connectivity index (χ1n) is 5.46. The first-order chi connectivity index (χ1) is 7.59. The van der Waals surface area contributed by atoms with Crippen molar-refractivity contribution in [3.05, 3.63) is 27.7 Å². The summed E-state index contributed by atoms with van der Waals surface area (Å²) >= 11 is 9.40. The summed E-state index contributed by atoms with van der Waals surface area (Å²) in [5, 5.41) is 0.660. The Morgan fingerprint density at radius 1 is 1.31 bits per heavy atom. The van der Waals surface area contributed by atoms with Crippen LogP contribution >= 0.6 is 27.5 Å². The van der Waals surface area contributed by atoms with Gasteiger partial charge in [-0.25, -0.2) is 0 Å². The van der Waals surface area contributed by atoms with Gasteiger partial charge in [-0.3, -0.25) is 0 Å². The summed E-state index contributed by atoms with van der Waals surface area (Å²) in [5.74, 6) is 0.766. The number of hydrogen-bond acceptors (Lipinski definition) is 1. The van der Waals surface area contributed by atoms with Crippen molar-refractivity contribution in [2.45, 2.75) is 12.8 Å². The van der Waals surface area contributed by atoms with Gasteiger partial charge in [0, 0.05) is 4.47 Å². The Hall–Kier alpha value is -0.250. The van der Waals surface area contributed by atoms with Crippen LogP contribution in [0.2, 0.25) is 5.02 Å². The van der Waals surface area contributed by atoms with E-state index < -0.39 is 0 Å². The number of unbranched alkanes of at least 4 members (excludes halogenated alkanes) is 1. The fourth-order valence-electron chi connectivity index (χ4n) is 1.36. The molecule has 4 heteroatoms. The molecule has 0 bridgehead atoms. The van der Waals surface area contributed by atoms with Crippen molar-refractivity contribution in [1.29, 1.82) is 0 Å². The molecule has 90 valence electrons. The number of rotatable bonds is 6. The van der Waals surface area contributed by atoms with Crippen molar-refractivity contribution in [1.82, 2.24) is 0 Å². The van der Waals surface area contributed by atoms with Crippen LogP contribution in [0, 0.1) is 0 Å². The van der Waals surface area contributed by atoms with E-state index in [1.165, 1.54) is 17.9 Å². The van der Waals surface area contributed by atoms with E-state index in [9.17, 15) is 0 Å². The first kappa shape index (κ1) is 13.8. The lowest BCUT2D eigenvalue weighted by Crippen LogP contribution is -3.05. The highest BCUT2D eigenvalue weighted by molar-refractivity contribution is 9.10. The maximum absolute atomic E-state index is 6.03. The summed E-state index contributed by atoms with van der Waals surface area (Å²) in [6, 6.07) is 5.68. The number of quaternary nitrogens is 1. The van der Waals surface area contributed by atoms with Gasteiger partial charge in [-0.1, -0.05) is 27.5 Å². The molecule has 1 aromatic rings. The van der Waals surface area contributed by atoms with Crippen LogP contribution in [-0.2, 0) is 0 Å². The molecule has 1 rings (SSSR count). The highest BCUT2D eigenvalue weighted by atomic mass is 79.9. The molecule has 0 unspecified atom stereocenters. The molecule has 0 spiro atoms. The molecule has 0 amide bonds. The fourth-order valence-corrected chi connectivity index (χ4v) is 2.08. The van der Waals surface area contributed by atoms with Crippen LogP contribution in [0.4, 0.5) is 0 Å². The van der Waals surface area contributed by atoms with Crippen LogP contribution in [0.1, 0.15) is 12.8 Å². The topological polar surface area (TPSA) is 13.7 Å². The second kappa shape index (κ2) is 7.15. The number of halogens is 2. The Labute approximate surface area is 111 Å². The van der Waals surface area contributed by atoms with Gasteiger partial charge in [-0.05, 0) is 31.0 Å². The zero-order valence-corrected chi connectivity index (χ0v) is 12.1. The zero-order valence-electron chi connectivity index (χ0n) is 9.72. The van der Waals surface area contributed by atoms with Gasteiger partial charge in [-0.15, -0.1) is 0 Å². The van der Waals surface area contributed by atoms with Crippen LogP contribution in [0.5, 0.6) is 5.75 Å². The lowest BCUT2D eigenvalue weighted by atomic mass is 10.3. The minimum Gasteiger partial charge on any atom is -0.492 e. The third kappa shape index (κ3) is 5.19. The molecular formula is C12H18BrClNO+. The second-order valence-electron chi connectivity index (χ2n) is 4.09. The molecule has 0 fully saturated rings. The molecule has 0 aliphatic heterocycles. The maximum Gasteiger partial charge on any atom is 0.137 e. The Balaban J connectivity index is 2.27. The lowest BCUT2D eigenvalue weighted by Gasteiger charge is -2.09. The van der Waals surface area contributed by atoms with E-state index in [4.69, 9.17) is 16.3 Å². The minimum absolute atomic E-state index is 0.660. The summed E-state index contributed by atoms with van der Waals surface area (Å²) in [5.41, 5.74) is 0. The van der Waals surface area contributed by atoms with E-state index in [1.54, 1.807) is 0 Å². The van der Waals surface area contributed by atoms with E-state index in [0.29, 0.717) is 5.02 Å². The normalized spacial score (nSPS) is 10.8. The van der Waals surface area contributed by atoms with Crippen molar-refractivity contribution in [2.24, 2.45) is 0 Å². The molecule has 2 nitrogen and oxygen atoms in total. The average molecular weight is 308 g/mol. The Bertz CT molecular complexity index is 331. The number of ether oxygens (including phenoxy) is 1. The molecule has 0 heterocycles. The van der Waals surface area contributed by atoms with Gasteiger partial charge in [0.2, 0.25) is 0 Å². The van der Waals surface area contributed by atoms with Crippen molar-refractivity contribution in [3.8, 4) is 5.75 Å². The number of benzene rings is 1. The van der Waals surface area contributed by atoms with Crippen LogP contribution in [-0.4, -0.2) is 27.2 Å². The quantitative estimate of drug-likeness (QED) is 0.797. The largest absolute Gasteiger partial charge is 0.492 e. The summed E-state index contributed by atoms with van der Waals surface area (Å²) in [6.45, 7) is 1.91. The van der Waals surface area contributed by atoms with E-state index in [0.717, 1.165) is 23.2 Å². The molecule has 0 saturated heterocycles. The van der Waals surface area contributed by atoms with Crippen molar-refractivity contribution in [2.75, 3.05) is 27.2 Å². The van der Waals surface area contributed by atoms with Crippen LogP contribution in [0.3, 0.4) is 0 Å². The van der Waals surface area contributed by atoms with Gasteiger partial charge in [0.15, 0.2) is 0 Å². The molecule has 16 heavy (non-hydrogen) atoms.